The van der Waals surface area contributed by atoms with Gasteiger partial charge in [0.05, 0.1) is 6.10 Å². The number of hydrogen-bond acceptors (Lipinski definition) is 4. The number of aliphatic hydroxyl groups excluding tert-OH is 1. The first-order valence-corrected chi connectivity index (χ1v) is 8.53. The maximum Gasteiger partial charge on any atom is 0.417 e. The Bertz CT molecular complexity index is 763. The van der Waals surface area contributed by atoms with Gasteiger partial charge in [0, 0.05) is 6.42 Å². The van der Waals surface area contributed by atoms with Gasteiger partial charge >= 0.3 is 6.09 Å². The number of halogens is 1. The molecule has 0 aliphatic carbocycles. The Kier molecular flexibility index (Phi) is 5.63. The summed E-state index contributed by atoms with van der Waals surface area (Å²) in [4.78, 5) is 25.6. The summed E-state index contributed by atoms with van der Waals surface area (Å²) in [6.07, 6.45) is -0.544. The summed E-state index contributed by atoms with van der Waals surface area (Å²) in [5.74, 6) is -0.691. The Morgan fingerprint density at radius 2 is 1.88 bits per heavy atom. The zero-order chi connectivity index (χ0) is 18.5. The van der Waals surface area contributed by atoms with Crippen LogP contribution < -0.4 is 0 Å². The third-order valence-electron chi connectivity index (χ3n) is 4.45. The number of nitrogens with zero attached hydrogens (tertiary/aromatic N) is 1. The largest absolute Gasteiger partial charge is 0.446 e. The fourth-order valence-electron chi connectivity index (χ4n) is 3.04. The van der Waals surface area contributed by atoms with E-state index in [0.29, 0.717) is 18.4 Å². The average molecular weight is 357 g/mol. The molecule has 0 aromatic heterocycles. The van der Waals surface area contributed by atoms with Crippen LogP contribution in [0, 0.1) is 5.82 Å². The SMILES string of the molecule is O=C(CCC[C@@H](O)c1ccc(F)cc1)N1C(=O)OCC1c1ccccc1. The van der Waals surface area contributed by atoms with Crippen molar-refractivity contribution in [1.29, 1.82) is 0 Å². The molecule has 2 atom stereocenters. The quantitative estimate of drug-likeness (QED) is 0.855. The van der Waals surface area contributed by atoms with Crippen LogP contribution in [0.3, 0.4) is 0 Å². The number of amides is 2. The van der Waals surface area contributed by atoms with Gasteiger partial charge in [-0.15, -0.1) is 0 Å². The number of hydrogen-bond donors (Lipinski definition) is 1. The summed E-state index contributed by atoms with van der Waals surface area (Å²) in [5, 5.41) is 10.1. The van der Waals surface area contributed by atoms with E-state index in [-0.39, 0.29) is 24.8 Å². The van der Waals surface area contributed by atoms with E-state index >= 15 is 0 Å². The molecule has 3 rings (SSSR count). The van der Waals surface area contributed by atoms with E-state index in [1.165, 1.54) is 24.3 Å². The molecule has 2 aromatic carbocycles. The Morgan fingerprint density at radius 1 is 1.19 bits per heavy atom. The maximum atomic E-state index is 12.9. The molecular weight excluding hydrogens is 337 g/mol. The lowest BCUT2D eigenvalue weighted by atomic mass is 10.0. The number of carbonyl (C=O) groups excluding carboxylic acids is 2. The van der Waals surface area contributed by atoms with Crippen LogP contribution in [0.15, 0.2) is 54.6 Å². The molecular formula is C20H20FNO4. The predicted molar refractivity (Wildman–Crippen MR) is 92.6 cm³/mol. The molecule has 6 heteroatoms. The standard InChI is InChI=1S/C20H20FNO4/c21-16-11-9-15(10-12-16)18(23)7-4-8-19(24)22-17(13-26-20(22)25)14-5-2-1-3-6-14/h1-3,5-6,9-12,17-18,23H,4,7-8,13H2/t17?,18-/m1/s1. The molecule has 1 aliphatic rings. The summed E-state index contributed by atoms with van der Waals surface area (Å²) in [6.45, 7) is 0.146. The van der Waals surface area contributed by atoms with Crippen LogP contribution >= 0.6 is 0 Å². The second kappa shape index (κ2) is 8.10. The van der Waals surface area contributed by atoms with Gasteiger partial charge in [0.2, 0.25) is 5.91 Å². The predicted octanol–water partition coefficient (Wildman–Crippen LogP) is 3.75. The molecule has 1 aliphatic heterocycles. The van der Waals surface area contributed by atoms with Gasteiger partial charge in [-0.05, 0) is 36.1 Å². The van der Waals surface area contributed by atoms with Crippen molar-refractivity contribution in [2.75, 3.05) is 6.61 Å². The molecule has 1 fully saturated rings. The Labute approximate surface area is 151 Å². The summed E-state index contributed by atoms with van der Waals surface area (Å²) >= 11 is 0. The molecule has 0 bridgehead atoms. The second-order valence-electron chi connectivity index (χ2n) is 6.23. The lowest BCUT2D eigenvalue weighted by molar-refractivity contribution is -0.129. The molecule has 0 spiro atoms. The highest BCUT2D eigenvalue weighted by atomic mass is 19.1. The van der Waals surface area contributed by atoms with E-state index < -0.39 is 18.2 Å². The molecule has 136 valence electrons. The van der Waals surface area contributed by atoms with Gasteiger partial charge in [-0.3, -0.25) is 4.79 Å². The van der Waals surface area contributed by atoms with E-state index in [2.05, 4.69) is 0 Å². The normalized spacial score (nSPS) is 17.8. The van der Waals surface area contributed by atoms with Crippen molar-refractivity contribution in [2.45, 2.75) is 31.4 Å². The molecule has 26 heavy (non-hydrogen) atoms. The minimum Gasteiger partial charge on any atom is -0.446 e. The van der Waals surface area contributed by atoms with Gasteiger partial charge in [-0.2, -0.15) is 0 Å². The monoisotopic (exact) mass is 357 g/mol. The van der Waals surface area contributed by atoms with Gasteiger partial charge < -0.3 is 9.84 Å². The first-order chi connectivity index (χ1) is 12.6. The lowest BCUT2D eigenvalue weighted by Gasteiger charge is -2.20. The highest BCUT2D eigenvalue weighted by Gasteiger charge is 2.38. The fraction of sp³-hybridized carbons (Fsp3) is 0.300. The average Bonchev–Trinajstić information content (AvgIpc) is 3.04. The number of benzene rings is 2. The zero-order valence-electron chi connectivity index (χ0n) is 14.2. The van der Waals surface area contributed by atoms with Crippen LogP contribution in [0.5, 0.6) is 0 Å². The smallest absolute Gasteiger partial charge is 0.417 e. The third kappa shape index (κ3) is 4.08. The van der Waals surface area contributed by atoms with Crippen molar-refractivity contribution in [2.24, 2.45) is 0 Å². The minimum absolute atomic E-state index is 0.122. The van der Waals surface area contributed by atoms with E-state index in [1.807, 2.05) is 30.3 Å². The van der Waals surface area contributed by atoms with Crippen LogP contribution in [0.25, 0.3) is 0 Å². The number of imide groups is 1. The zero-order valence-corrected chi connectivity index (χ0v) is 14.2. The highest BCUT2D eigenvalue weighted by molar-refractivity contribution is 5.93. The number of carbonyl (C=O) groups is 2. The number of cyclic esters (lactones) is 1. The van der Waals surface area contributed by atoms with Gasteiger partial charge in [0.15, 0.2) is 0 Å². The molecule has 1 unspecified atom stereocenters. The lowest BCUT2D eigenvalue weighted by Crippen LogP contribution is -2.34. The van der Waals surface area contributed by atoms with Gasteiger partial charge in [-0.25, -0.2) is 14.1 Å². The molecule has 0 radical (unpaired) electrons. The van der Waals surface area contributed by atoms with Crippen molar-refractivity contribution < 1.29 is 23.8 Å². The highest BCUT2D eigenvalue weighted by Crippen LogP contribution is 2.29. The van der Waals surface area contributed by atoms with E-state index in [0.717, 1.165) is 10.5 Å². The first-order valence-electron chi connectivity index (χ1n) is 8.53. The second-order valence-corrected chi connectivity index (χ2v) is 6.23. The van der Waals surface area contributed by atoms with E-state index in [9.17, 15) is 19.1 Å². The van der Waals surface area contributed by atoms with Crippen molar-refractivity contribution >= 4 is 12.0 Å². The van der Waals surface area contributed by atoms with Crippen LogP contribution in [0.1, 0.15) is 42.5 Å². The molecule has 5 nitrogen and oxygen atoms in total. The summed E-state index contributed by atoms with van der Waals surface area (Å²) in [5.41, 5.74) is 1.44. The van der Waals surface area contributed by atoms with E-state index in [4.69, 9.17) is 4.74 Å². The molecule has 1 saturated heterocycles. The third-order valence-corrected chi connectivity index (χ3v) is 4.45. The minimum atomic E-state index is -0.779. The van der Waals surface area contributed by atoms with Crippen LogP contribution in [0.2, 0.25) is 0 Å². The fourth-order valence-corrected chi connectivity index (χ4v) is 3.04. The van der Waals surface area contributed by atoms with Crippen molar-refractivity contribution in [1.82, 2.24) is 4.90 Å². The topological polar surface area (TPSA) is 66.8 Å². The molecule has 1 heterocycles. The van der Waals surface area contributed by atoms with Gasteiger partial charge in [0.25, 0.3) is 0 Å². The number of aliphatic hydroxyl groups is 1. The number of ether oxygens (including phenoxy) is 1. The van der Waals surface area contributed by atoms with E-state index in [1.54, 1.807) is 0 Å². The van der Waals surface area contributed by atoms with Crippen molar-refractivity contribution in [3.05, 3.63) is 71.5 Å². The van der Waals surface area contributed by atoms with Crippen LogP contribution in [-0.2, 0) is 9.53 Å². The maximum absolute atomic E-state index is 12.9. The Balaban J connectivity index is 1.56. The summed E-state index contributed by atoms with van der Waals surface area (Å²) < 4.78 is 18.0. The first kappa shape index (κ1) is 18.1. The van der Waals surface area contributed by atoms with Crippen molar-refractivity contribution in [3.8, 4) is 0 Å². The van der Waals surface area contributed by atoms with Crippen LogP contribution in [-0.4, -0.2) is 28.6 Å². The number of rotatable bonds is 6. The molecule has 0 saturated carbocycles. The van der Waals surface area contributed by atoms with Crippen LogP contribution in [0.4, 0.5) is 9.18 Å². The molecule has 2 amide bonds. The molecule has 1 N–H and O–H groups in total. The Hall–Kier alpha value is -2.73. The summed E-state index contributed by atoms with van der Waals surface area (Å²) in [7, 11) is 0. The van der Waals surface area contributed by atoms with Crippen molar-refractivity contribution in [3.63, 3.8) is 0 Å². The van der Waals surface area contributed by atoms with Gasteiger partial charge in [0.1, 0.15) is 18.5 Å². The molecule has 2 aromatic rings. The van der Waals surface area contributed by atoms with Gasteiger partial charge in [-0.1, -0.05) is 42.5 Å². The Morgan fingerprint density at radius 3 is 2.58 bits per heavy atom. The summed E-state index contributed by atoms with van der Waals surface area (Å²) in [6, 6.07) is 14.5.